The summed E-state index contributed by atoms with van der Waals surface area (Å²) in [5.41, 5.74) is 13.5. The lowest BCUT2D eigenvalue weighted by Crippen LogP contribution is -2.54. The highest BCUT2D eigenvalue weighted by atomic mass is 16.5. The number of aromatic nitrogens is 5. The number of aliphatic hydroxyl groups is 1. The third-order valence-electron chi connectivity index (χ3n) is 12.2. The van der Waals surface area contributed by atoms with E-state index in [4.69, 9.17) is 25.2 Å². The molecule has 0 spiro atoms. The number of carbonyl (C=O) groups is 2. The summed E-state index contributed by atoms with van der Waals surface area (Å²) < 4.78 is 13.4. The fourth-order valence-electron chi connectivity index (χ4n) is 8.87. The van der Waals surface area contributed by atoms with E-state index >= 15 is 0 Å². The molecule has 6 atom stereocenters. The van der Waals surface area contributed by atoms with E-state index in [1.807, 2.05) is 45.0 Å². The number of carbonyl (C=O) groups excluding carboxylic acids is 2. The van der Waals surface area contributed by atoms with Crippen molar-refractivity contribution >= 4 is 34.0 Å². The quantitative estimate of drug-likeness (QED) is 0.136. The normalized spacial score (nSPS) is 22.6. The zero-order valence-electron chi connectivity index (χ0n) is 33.2. The van der Waals surface area contributed by atoms with Gasteiger partial charge in [-0.25, -0.2) is 14.8 Å². The molecule has 0 saturated carbocycles. The zero-order valence-corrected chi connectivity index (χ0v) is 33.2. The smallest absolute Gasteiger partial charge is 0.407 e. The molecule has 4 aliphatic rings. The van der Waals surface area contributed by atoms with E-state index in [2.05, 4.69) is 56.3 Å². The number of nitrogens with zero attached hydrogens (tertiary/aromatic N) is 6. The standard InChI is InChI=1S/C42H52N10O5/c1-22(2)36(44)40(53)51-20-24(17-43)13-34(51)39-46-19-30(48-39)26-8-10-28-33-15-27-14-25(9-11-31(27)52(33)21-57-35(28)16-26)29-18-45-38(47-29)32-7-6-12-50(32)41(54)37(23(3)4)49-42(55)56-5/h9,11,14-16,18-19,22-24,32,34,36-37,41,54H,6-8,10,12-13,20-21,44H2,1-5H3,(H,45,47)(H,46,48)(H,49,55). The second-order valence-electron chi connectivity index (χ2n) is 16.4. The maximum Gasteiger partial charge on any atom is 0.407 e. The topological polar surface area (TPSA) is 203 Å². The minimum Gasteiger partial charge on any atom is -0.472 e. The second kappa shape index (κ2) is 15.5. The van der Waals surface area contributed by atoms with Crippen molar-refractivity contribution in [2.24, 2.45) is 23.5 Å². The third kappa shape index (κ3) is 7.11. The van der Waals surface area contributed by atoms with Gasteiger partial charge in [-0.1, -0.05) is 33.8 Å². The molecule has 300 valence electrons. The molecule has 2 fully saturated rings. The number of methoxy groups -OCH3 is 1. The van der Waals surface area contributed by atoms with Gasteiger partial charge >= 0.3 is 6.09 Å². The Kier molecular flexibility index (Phi) is 10.4. The summed E-state index contributed by atoms with van der Waals surface area (Å²) in [4.78, 5) is 45.6. The number of imidazole rings is 2. The fourth-order valence-corrected chi connectivity index (χ4v) is 8.87. The van der Waals surface area contributed by atoms with Gasteiger partial charge in [0.05, 0.1) is 78.3 Å². The zero-order chi connectivity index (χ0) is 40.1. The Morgan fingerprint density at radius 2 is 1.82 bits per heavy atom. The van der Waals surface area contributed by atoms with Gasteiger partial charge in [-0.15, -0.1) is 0 Å². The molecule has 1 aromatic carbocycles. The molecule has 3 aromatic heterocycles. The van der Waals surface area contributed by atoms with Crippen LogP contribution in [-0.2, 0) is 21.0 Å². The summed E-state index contributed by atoms with van der Waals surface area (Å²) in [6, 6.07) is 9.38. The molecule has 1 aliphatic carbocycles. The fraction of sp³-hybridized carbons (Fsp3) is 0.500. The Morgan fingerprint density at radius 3 is 2.56 bits per heavy atom. The SMILES string of the molecule is COC(=O)NC(C(C)C)C(O)N1CCCC1c1ncc(-c2ccc3c(c2)cc2n3COC3=C2CCC(c2cnc(C4CC(C#N)CN4C(=O)C(N)C(C)C)[nH]2)=C3)[nH]1. The monoisotopic (exact) mass is 776 g/mol. The predicted octanol–water partition coefficient (Wildman–Crippen LogP) is 5.56. The number of ether oxygens (including phenoxy) is 2. The van der Waals surface area contributed by atoms with Gasteiger partial charge in [-0.3, -0.25) is 9.69 Å². The van der Waals surface area contributed by atoms with Crippen molar-refractivity contribution in [3.05, 3.63) is 71.5 Å². The van der Waals surface area contributed by atoms with E-state index in [0.29, 0.717) is 32.1 Å². The van der Waals surface area contributed by atoms with Gasteiger partial charge in [0.15, 0.2) is 6.73 Å². The number of rotatable bonds is 10. The lowest BCUT2D eigenvalue weighted by atomic mass is 9.93. The van der Waals surface area contributed by atoms with Crippen LogP contribution in [0, 0.1) is 29.1 Å². The summed E-state index contributed by atoms with van der Waals surface area (Å²) in [5.74, 6) is 1.86. The number of nitrogens with two attached hydrogens (primary N) is 1. The minimum absolute atomic E-state index is 0.0110. The van der Waals surface area contributed by atoms with Crippen LogP contribution in [0.3, 0.4) is 0 Å². The van der Waals surface area contributed by atoms with E-state index < -0.39 is 24.4 Å². The lowest BCUT2D eigenvalue weighted by molar-refractivity contribution is -0.134. The number of benzene rings is 1. The number of nitrogens with one attached hydrogen (secondary N) is 3. The van der Waals surface area contributed by atoms with Crippen LogP contribution in [0.5, 0.6) is 0 Å². The van der Waals surface area contributed by atoms with Gasteiger partial charge < -0.3 is 45.1 Å². The van der Waals surface area contributed by atoms with Gasteiger partial charge in [0.1, 0.15) is 23.6 Å². The Balaban J connectivity index is 1.01. The molecular formula is C42H52N10O5. The van der Waals surface area contributed by atoms with E-state index in [1.54, 1.807) is 4.90 Å². The van der Waals surface area contributed by atoms with Crippen LogP contribution in [0.4, 0.5) is 4.79 Å². The Morgan fingerprint density at radius 1 is 1.07 bits per heavy atom. The number of aromatic amines is 2. The number of hydrogen-bond acceptors (Lipinski definition) is 10. The number of likely N-dealkylation sites (tertiary alicyclic amines) is 2. The molecule has 8 rings (SSSR count). The maximum atomic E-state index is 13.3. The summed E-state index contributed by atoms with van der Waals surface area (Å²) in [6.45, 7) is 9.21. The van der Waals surface area contributed by atoms with E-state index in [9.17, 15) is 20.0 Å². The van der Waals surface area contributed by atoms with Crippen LogP contribution in [0.1, 0.15) is 94.9 Å². The first-order valence-electron chi connectivity index (χ1n) is 20.0. The van der Waals surface area contributed by atoms with E-state index in [1.165, 1.54) is 7.11 Å². The van der Waals surface area contributed by atoms with Crippen LogP contribution in [0.15, 0.2) is 48.5 Å². The number of hydrogen-bond donors (Lipinski definition) is 5. The van der Waals surface area contributed by atoms with Gasteiger partial charge in [0.2, 0.25) is 5.91 Å². The summed E-state index contributed by atoms with van der Waals surface area (Å²) >= 11 is 0. The molecule has 0 bridgehead atoms. The van der Waals surface area contributed by atoms with Gasteiger partial charge in [-0.05, 0) is 73.8 Å². The highest BCUT2D eigenvalue weighted by Gasteiger charge is 2.41. The first kappa shape index (κ1) is 38.4. The number of amides is 2. The molecule has 0 radical (unpaired) electrons. The first-order valence-corrected chi connectivity index (χ1v) is 20.0. The molecule has 57 heavy (non-hydrogen) atoms. The molecule has 3 aliphatic heterocycles. The van der Waals surface area contributed by atoms with Crippen LogP contribution in [0.25, 0.3) is 33.3 Å². The molecule has 15 heteroatoms. The Bertz CT molecular complexity index is 2280. The summed E-state index contributed by atoms with van der Waals surface area (Å²) in [6.07, 6.45) is 8.13. The van der Waals surface area contributed by atoms with Gasteiger partial charge in [0.25, 0.3) is 0 Å². The van der Waals surface area contributed by atoms with Gasteiger partial charge in [-0.2, -0.15) is 5.26 Å². The Labute approximate surface area is 331 Å². The van der Waals surface area contributed by atoms with Crippen molar-refractivity contribution in [3.8, 4) is 17.3 Å². The number of H-pyrrole nitrogens is 2. The third-order valence-corrected chi connectivity index (χ3v) is 12.2. The molecule has 2 saturated heterocycles. The first-order chi connectivity index (χ1) is 27.4. The number of aliphatic hydroxyl groups excluding tert-OH is 1. The van der Waals surface area contributed by atoms with Crippen molar-refractivity contribution in [3.63, 3.8) is 0 Å². The number of nitriles is 1. The van der Waals surface area contributed by atoms with Crippen LogP contribution in [-0.4, -0.2) is 89.9 Å². The van der Waals surface area contributed by atoms with Crippen LogP contribution >= 0.6 is 0 Å². The molecule has 6 unspecified atom stereocenters. The highest BCUT2D eigenvalue weighted by Crippen LogP contribution is 2.42. The highest BCUT2D eigenvalue weighted by molar-refractivity contribution is 5.91. The van der Waals surface area contributed by atoms with Crippen molar-refractivity contribution in [1.82, 2.24) is 39.6 Å². The molecule has 6 heterocycles. The Hall–Kier alpha value is -5.43. The average molecular weight is 777 g/mol. The largest absolute Gasteiger partial charge is 0.472 e. The van der Waals surface area contributed by atoms with Crippen LogP contribution in [0.2, 0.25) is 0 Å². The lowest BCUT2D eigenvalue weighted by Gasteiger charge is -2.35. The molecule has 15 nitrogen and oxygen atoms in total. The van der Waals surface area contributed by atoms with E-state index in [-0.39, 0.29) is 35.7 Å². The summed E-state index contributed by atoms with van der Waals surface area (Å²) in [7, 11) is 1.32. The average Bonchev–Trinajstić information content (AvgIpc) is 4.06. The van der Waals surface area contributed by atoms with E-state index in [0.717, 1.165) is 82.0 Å². The number of allylic oxidation sites excluding steroid dienone is 3. The number of alkyl carbamates (subject to hydrolysis) is 1. The van der Waals surface area contributed by atoms with Crippen molar-refractivity contribution < 1.29 is 24.2 Å². The molecule has 4 aromatic rings. The second-order valence-corrected chi connectivity index (χ2v) is 16.4. The van der Waals surface area contributed by atoms with Crippen molar-refractivity contribution in [2.75, 3.05) is 20.2 Å². The van der Waals surface area contributed by atoms with Crippen LogP contribution < -0.4 is 11.1 Å². The van der Waals surface area contributed by atoms with Crippen molar-refractivity contribution in [2.45, 2.75) is 96.9 Å². The molecule has 6 N–H and O–H groups in total. The number of fused-ring (bicyclic) bond motifs is 4. The van der Waals surface area contributed by atoms with Crippen molar-refractivity contribution in [1.29, 1.82) is 5.26 Å². The maximum absolute atomic E-state index is 13.3. The predicted molar refractivity (Wildman–Crippen MR) is 213 cm³/mol. The molecular weight excluding hydrogens is 725 g/mol. The van der Waals surface area contributed by atoms with Gasteiger partial charge in [0, 0.05) is 29.6 Å². The molecule has 2 amide bonds. The summed E-state index contributed by atoms with van der Waals surface area (Å²) in [5, 5.41) is 25.0. The minimum atomic E-state index is -0.898.